The number of carbonyl (C=O) groups excluding carboxylic acids is 1. The SMILES string of the molecule is CCC(C)CN(CC)C(=O)N[C@H](Cc1cnc[nH]1)C(=O)O. The zero-order valence-electron chi connectivity index (χ0n) is 12.8. The molecule has 21 heavy (non-hydrogen) atoms. The van der Waals surface area contributed by atoms with Gasteiger partial charge < -0.3 is 20.3 Å². The first-order valence-corrected chi connectivity index (χ1v) is 7.23. The van der Waals surface area contributed by atoms with Gasteiger partial charge in [-0.3, -0.25) is 0 Å². The van der Waals surface area contributed by atoms with Crippen molar-refractivity contribution in [2.45, 2.75) is 39.7 Å². The number of urea groups is 1. The average molecular weight is 296 g/mol. The Morgan fingerprint density at radius 3 is 2.67 bits per heavy atom. The molecule has 0 spiro atoms. The standard InChI is InChI=1S/C14H24N4O3/c1-4-10(3)8-18(5-2)14(21)17-12(13(19)20)6-11-7-15-9-16-11/h7,9-10,12H,4-6,8H2,1-3H3,(H,15,16)(H,17,21)(H,19,20)/t10?,12-/m1/s1. The molecule has 7 heteroatoms. The predicted octanol–water partition coefficient (Wildman–Crippen LogP) is 1.48. The fourth-order valence-electron chi connectivity index (χ4n) is 1.92. The van der Waals surface area contributed by atoms with Crippen LogP contribution >= 0.6 is 0 Å². The summed E-state index contributed by atoms with van der Waals surface area (Å²) < 4.78 is 0. The van der Waals surface area contributed by atoms with Crippen LogP contribution in [0.15, 0.2) is 12.5 Å². The maximum atomic E-state index is 12.2. The summed E-state index contributed by atoms with van der Waals surface area (Å²) in [5.74, 6) is -0.677. The summed E-state index contributed by atoms with van der Waals surface area (Å²) in [4.78, 5) is 31.8. The zero-order chi connectivity index (χ0) is 15.8. The van der Waals surface area contributed by atoms with Crippen molar-refractivity contribution in [3.63, 3.8) is 0 Å². The first-order valence-electron chi connectivity index (χ1n) is 7.23. The van der Waals surface area contributed by atoms with E-state index in [1.54, 1.807) is 11.1 Å². The molecule has 0 aliphatic rings. The largest absolute Gasteiger partial charge is 0.480 e. The summed E-state index contributed by atoms with van der Waals surface area (Å²) >= 11 is 0. The molecule has 118 valence electrons. The second-order valence-corrected chi connectivity index (χ2v) is 5.17. The molecule has 1 unspecified atom stereocenters. The molecular weight excluding hydrogens is 272 g/mol. The summed E-state index contributed by atoms with van der Waals surface area (Å²) in [6.45, 7) is 7.18. The van der Waals surface area contributed by atoms with Crippen molar-refractivity contribution in [2.75, 3.05) is 13.1 Å². The first-order chi connectivity index (χ1) is 9.97. The number of aliphatic carboxylic acids is 1. The maximum absolute atomic E-state index is 12.2. The Morgan fingerprint density at radius 2 is 2.19 bits per heavy atom. The minimum Gasteiger partial charge on any atom is -0.480 e. The van der Waals surface area contributed by atoms with Crippen LogP contribution in [-0.4, -0.2) is 51.1 Å². The van der Waals surface area contributed by atoms with Gasteiger partial charge in [-0.15, -0.1) is 0 Å². The second kappa shape index (κ2) is 8.28. The highest BCUT2D eigenvalue weighted by Crippen LogP contribution is 2.06. The Hall–Kier alpha value is -2.05. The van der Waals surface area contributed by atoms with Crippen LogP contribution in [-0.2, 0) is 11.2 Å². The van der Waals surface area contributed by atoms with Crippen LogP contribution in [0.1, 0.15) is 32.9 Å². The van der Waals surface area contributed by atoms with E-state index in [0.717, 1.165) is 6.42 Å². The molecule has 0 aromatic carbocycles. The fraction of sp³-hybridized carbons (Fsp3) is 0.643. The number of hydrogen-bond donors (Lipinski definition) is 3. The fourth-order valence-corrected chi connectivity index (χ4v) is 1.92. The highest BCUT2D eigenvalue weighted by Gasteiger charge is 2.24. The third kappa shape index (κ3) is 5.45. The maximum Gasteiger partial charge on any atom is 0.326 e. The van der Waals surface area contributed by atoms with Gasteiger partial charge in [-0.05, 0) is 12.8 Å². The van der Waals surface area contributed by atoms with Crippen molar-refractivity contribution in [3.05, 3.63) is 18.2 Å². The number of carbonyl (C=O) groups is 2. The lowest BCUT2D eigenvalue weighted by atomic mass is 10.1. The second-order valence-electron chi connectivity index (χ2n) is 5.17. The predicted molar refractivity (Wildman–Crippen MR) is 78.9 cm³/mol. The number of rotatable bonds is 8. The summed E-state index contributed by atoms with van der Waals surface area (Å²) in [5, 5.41) is 11.8. The van der Waals surface area contributed by atoms with E-state index in [0.29, 0.717) is 24.7 Å². The van der Waals surface area contributed by atoms with Crippen LogP contribution in [0.4, 0.5) is 4.79 Å². The Kier molecular flexibility index (Phi) is 6.71. The number of amides is 2. The van der Waals surface area contributed by atoms with Gasteiger partial charge in [0, 0.05) is 31.4 Å². The van der Waals surface area contributed by atoms with E-state index in [1.807, 2.05) is 6.92 Å². The Bertz CT molecular complexity index is 447. The van der Waals surface area contributed by atoms with Crippen molar-refractivity contribution in [2.24, 2.45) is 5.92 Å². The first kappa shape index (κ1) is 17.0. The number of aromatic nitrogens is 2. The van der Waals surface area contributed by atoms with Crippen LogP contribution < -0.4 is 5.32 Å². The molecule has 0 saturated heterocycles. The number of aromatic amines is 1. The van der Waals surface area contributed by atoms with E-state index in [2.05, 4.69) is 29.1 Å². The molecule has 1 aromatic rings. The molecule has 1 aromatic heterocycles. The molecule has 1 rings (SSSR count). The molecule has 3 N–H and O–H groups in total. The topological polar surface area (TPSA) is 98.3 Å². The Morgan fingerprint density at radius 1 is 1.48 bits per heavy atom. The van der Waals surface area contributed by atoms with E-state index < -0.39 is 12.0 Å². The van der Waals surface area contributed by atoms with Crippen LogP contribution in [0.3, 0.4) is 0 Å². The number of carboxylic acids is 1. The quantitative estimate of drug-likeness (QED) is 0.676. The van der Waals surface area contributed by atoms with Crippen LogP contribution in [0.2, 0.25) is 0 Å². The normalized spacial score (nSPS) is 13.5. The third-order valence-electron chi connectivity index (χ3n) is 3.47. The number of nitrogens with one attached hydrogen (secondary N) is 2. The average Bonchev–Trinajstić information content (AvgIpc) is 2.96. The van der Waals surface area contributed by atoms with E-state index >= 15 is 0 Å². The lowest BCUT2D eigenvalue weighted by Crippen LogP contribution is -2.49. The molecular formula is C14H24N4O3. The van der Waals surface area contributed by atoms with Crippen molar-refractivity contribution in [1.82, 2.24) is 20.2 Å². The zero-order valence-corrected chi connectivity index (χ0v) is 12.8. The summed E-state index contributed by atoms with van der Waals surface area (Å²) in [6.07, 6.45) is 4.19. The number of hydrogen-bond acceptors (Lipinski definition) is 3. The molecule has 2 amide bonds. The van der Waals surface area contributed by atoms with Crippen LogP contribution in [0, 0.1) is 5.92 Å². The van der Waals surface area contributed by atoms with Gasteiger partial charge in [0.25, 0.3) is 0 Å². The van der Waals surface area contributed by atoms with Gasteiger partial charge in [0.05, 0.1) is 6.33 Å². The minimum atomic E-state index is -1.06. The number of nitrogens with zero attached hydrogens (tertiary/aromatic N) is 2. The molecule has 0 aliphatic heterocycles. The molecule has 0 radical (unpaired) electrons. The van der Waals surface area contributed by atoms with Gasteiger partial charge in [0.15, 0.2) is 0 Å². The lowest BCUT2D eigenvalue weighted by Gasteiger charge is -2.26. The molecule has 1 heterocycles. The van der Waals surface area contributed by atoms with Crippen molar-refractivity contribution < 1.29 is 14.7 Å². The molecule has 0 bridgehead atoms. The molecule has 0 fully saturated rings. The van der Waals surface area contributed by atoms with Gasteiger partial charge in [0.2, 0.25) is 0 Å². The van der Waals surface area contributed by atoms with E-state index in [1.165, 1.54) is 6.33 Å². The molecule has 0 aliphatic carbocycles. The van der Waals surface area contributed by atoms with Gasteiger partial charge in [0.1, 0.15) is 6.04 Å². The van der Waals surface area contributed by atoms with E-state index in [4.69, 9.17) is 0 Å². The number of carboxylic acid groups (broad SMARTS) is 1. The van der Waals surface area contributed by atoms with Gasteiger partial charge in [-0.2, -0.15) is 0 Å². The van der Waals surface area contributed by atoms with Crippen LogP contribution in [0.5, 0.6) is 0 Å². The molecule has 0 saturated carbocycles. The van der Waals surface area contributed by atoms with Crippen LogP contribution in [0.25, 0.3) is 0 Å². The van der Waals surface area contributed by atoms with Crippen molar-refractivity contribution in [3.8, 4) is 0 Å². The van der Waals surface area contributed by atoms with Gasteiger partial charge in [-0.1, -0.05) is 20.3 Å². The highest BCUT2D eigenvalue weighted by molar-refractivity contribution is 5.82. The monoisotopic (exact) mass is 296 g/mol. The third-order valence-corrected chi connectivity index (χ3v) is 3.47. The molecule has 2 atom stereocenters. The highest BCUT2D eigenvalue weighted by atomic mass is 16.4. The van der Waals surface area contributed by atoms with E-state index in [-0.39, 0.29) is 12.5 Å². The lowest BCUT2D eigenvalue weighted by molar-refractivity contribution is -0.139. The smallest absolute Gasteiger partial charge is 0.326 e. The Labute approximate surface area is 124 Å². The number of imidazole rings is 1. The summed E-state index contributed by atoms with van der Waals surface area (Å²) in [7, 11) is 0. The Balaban J connectivity index is 2.64. The van der Waals surface area contributed by atoms with Crippen molar-refractivity contribution in [1.29, 1.82) is 0 Å². The van der Waals surface area contributed by atoms with Crippen molar-refractivity contribution >= 4 is 12.0 Å². The summed E-state index contributed by atoms with van der Waals surface area (Å²) in [6, 6.07) is -1.31. The van der Waals surface area contributed by atoms with Gasteiger partial charge >= 0.3 is 12.0 Å². The minimum absolute atomic E-state index is 0.182. The summed E-state index contributed by atoms with van der Waals surface area (Å²) in [5.41, 5.74) is 0.674. The number of H-pyrrole nitrogens is 1. The van der Waals surface area contributed by atoms with Gasteiger partial charge in [-0.25, -0.2) is 14.6 Å². The molecule has 7 nitrogen and oxygen atoms in total. The van der Waals surface area contributed by atoms with E-state index in [9.17, 15) is 14.7 Å².